The van der Waals surface area contributed by atoms with Crippen molar-refractivity contribution in [1.82, 2.24) is 15.2 Å². The number of oxazole rings is 1. The molecule has 0 atom stereocenters. The van der Waals surface area contributed by atoms with Crippen molar-refractivity contribution in [2.75, 3.05) is 5.32 Å². The van der Waals surface area contributed by atoms with E-state index in [4.69, 9.17) is 4.42 Å². The number of H-pyrrole nitrogens is 1. The Bertz CT molecular complexity index is 891. The summed E-state index contributed by atoms with van der Waals surface area (Å²) in [5.74, 6) is 2.41. The summed E-state index contributed by atoms with van der Waals surface area (Å²) < 4.78 is 5.70. The molecule has 0 spiro atoms. The average Bonchev–Trinajstić information content (AvgIpc) is 3.39. The summed E-state index contributed by atoms with van der Waals surface area (Å²) in [6.07, 6.45) is 7.77. The van der Waals surface area contributed by atoms with Crippen LogP contribution in [0.5, 0.6) is 0 Å². The predicted molar refractivity (Wildman–Crippen MR) is 106 cm³/mol. The number of anilines is 1. The summed E-state index contributed by atoms with van der Waals surface area (Å²) in [6, 6.07) is 5.85. The van der Waals surface area contributed by atoms with Gasteiger partial charge in [0.15, 0.2) is 5.82 Å². The summed E-state index contributed by atoms with van der Waals surface area (Å²) in [5.41, 5.74) is 1.75. The molecule has 142 valence electrons. The molecule has 3 aromatic rings. The lowest BCUT2D eigenvalue weighted by molar-refractivity contribution is -0.115. The van der Waals surface area contributed by atoms with Crippen LogP contribution in [0.4, 0.5) is 5.82 Å². The molecule has 0 unspecified atom stereocenters. The first kappa shape index (κ1) is 18.0. The first-order valence-corrected chi connectivity index (χ1v) is 10.4. The van der Waals surface area contributed by atoms with Crippen molar-refractivity contribution in [2.45, 2.75) is 51.9 Å². The molecule has 3 aromatic heterocycles. The third-order valence-corrected chi connectivity index (χ3v) is 5.94. The van der Waals surface area contributed by atoms with Crippen LogP contribution in [0.25, 0.3) is 10.8 Å². The molecule has 6 nitrogen and oxygen atoms in total. The van der Waals surface area contributed by atoms with Crippen LogP contribution in [0.15, 0.2) is 28.0 Å². The molecule has 2 N–H and O–H groups in total. The van der Waals surface area contributed by atoms with Crippen molar-refractivity contribution in [3.63, 3.8) is 0 Å². The van der Waals surface area contributed by atoms with Gasteiger partial charge in [-0.25, -0.2) is 4.98 Å². The Labute approximate surface area is 162 Å². The van der Waals surface area contributed by atoms with Crippen LogP contribution in [-0.2, 0) is 17.6 Å². The normalized spacial score (nSPS) is 15.1. The van der Waals surface area contributed by atoms with Crippen molar-refractivity contribution >= 4 is 23.1 Å². The molecular formula is C20H24N4O2S. The topological polar surface area (TPSA) is 83.8 Å². The standard InChI is InChI=1S/C20H24N4O2S/c1-13-16(21-20(26-13)17-8-5-9-27-17)12-19(25)22-18-11-15(23-24-18)10-14-6-3-2-4-7-14/h5,8-9,11,14H,2-4,6-7,10,12H2,1H3,(H2,22,23,24,25). The fourth-order valence-electron chi connectivity index (χ4n) is 3.67. The Morgan fingerprint density at radius 3 is 3.00 bits per heavy atom. The number of carbonyl (C=O) groups excluding carboxylic acids is 1. The minimum atomic E-state index is -0.139. The van der Waals surface area contributed by atoms with E-state index in [0.29, 0.717) is 23.2 Å². The maximum Gasteiger partial charge on any atom is 0.236 e. The SMILES string of the molecule is Cc1oc(-c2cccs2)nc1CC(=O)Nc1cc(CC2CCCCC2)[nH]n1. The van der Waals surface area contributed by atoms with E-state index in [1.54, 1.807) is 11.3 Å². The van der Waals surface area contributed by atoms with Gasteiger partial charge in [-0.3, -0.25) is 9.89 Å². The van der Waals surface area contributed by atoms with Gasteiger partial charge in [-0.2, -0.15) is 5.10 Å². The second kappa shape index (κ2) is 8.08. The number of nitrogens with one attached hydrogen (secondary N) is 2. The van der Waals surface area contributed by atoms with E-state index in [1.165, 1.54) is 32.1 Å². The molecule has 0 bridgehead atoms. The molecule has 7 heteroatoms. The molecule has 0 aliphatic heterocycles. The number of rotatable bonds is 6. The lowest BCUT2D eigenvalue weighted by Gasteiger charge is -2.20. The Kier molecular flexibility index (Phi) is 5.38. The molecule has 0 radical (unpaired) electrons. The van der Waals surface area contributed by atoms with Crippen molar-refractivity contribution in [3.05, 3.63) is 40.7 Å². The second-order valence-corrected chi connectivity index (χ2v) is 8.16. The van der Waals surface area contributed by atoms with Crippen LogP contribution in [-0.4, -0.2) is 21.1 Å². The Balaban J connectivity index is 1.34. The number of aromatic nitrogens is 3. The van der Waals surface area contributed by atoms with Crippen LogP contribution < -0.4 is 5.32 Å². The number of aryl methyl sites for hydroxylation is 1. The zero-order chi connectivity index (χ0) is 18.6. The Morgan fingerprint density at radius 2 is 2.22 bits per heavy atom. The van der Waals surface area contributed by atoms with Crippen LogP contribution >= 0.6 is 11.3 Å². The van der Waals surface area contributed by atoms with E-state index in [2.05, 4.69) is 20.5 Å². The van der Waals surface area contributed by atoms with Gasteiger partial charge in [-0.15, -0.1) is 11.3 Å². The maximum atomic E-state index is 12.4. The minimum Gasteiger partial charge on any atom is -0.440 e. The number of aromatic amines is 1. The van der Waals surface area contributed by atoms with E-state index < -0.39 is 0 Å². The largest absolute Gasteiger partial charge is 0.440 e. The van der Waals surface area contributed by atoms with Gasteiger partial charge < -0.3 is 9.73 Å². The predicted octanol–water partition coefficient (Wildman–Crippen LogP) is 4.74. The van der Waals surface area contributed by atoms with Crippen molar-refractivity contribution in [3.8, 4) is 10.8 Å². The van der Waals surface area contributed by atoms with E-state index in [9.17, 15) is 4.79 Å². The molecule has 4 rings (SSSR count). The van der Waals surface area contributed by atoms with Gasteiger partial charge >= 0.3 is 0 Å². The number of hydrogen-bond acceptors (Lipinski definition) is 5. The molecule has 1 aliphatic carbocycles. The summed E-state index contributed by atoms with van der Waals surface area (Å²) in [7, 11) is 0. The van der Waals surface area contributed by atoms with Crippen LogP contribution in [0.3, 0.4) is 0 Å². The molecule has 1 saturated carbocycles. The maximum absolute atomic E-state index is 12.4. The molecular weight excluding hydrogens is 360 g/mol. The quantitative estimate of drug-likeness (QED) is 0.643. The molecule has 0 saturated heterocycles. The number of nitrogens with zero attached hydrogens (tertiary/aromatic N) is 2. The van der Waals surface area contributed by atoms with Crippen molar-refractivity contribution in [2.24, 2.45) is 5.92 Å². The number of hydrogen-bond donors (Lipinski definition) is 2. The lowest BCUT2D eigenvalue weighted by atomic mass is 9.86. The summed E-state index contributed by atoms with van der Waals surface area (Å²) in [6.45, 7) is 1.84. The highest BCUT2D eigenvalue weighted by Gasteiger charge is 2.18. The first-order valence-electron chi connectivity index (χ1n) is 9.51. The van der Waals surface area contributed by atoms with Crippen LogP contribution in [0, 0.1) is 12.8 Å². The number of thiophene rings is 1. The van der Waals surface area contributed by atoms with Crippen LogP contribution in [0.2, 0.25) is 0 Å². The highest BCUT2D eigenvalue weighted by molar-refractivity contribution is 7.13. The molecule has 1 aliphatic rings. The number of carbonyl (C=O) groups is 1. The minimum absolute atomic E-state index is 0.139. The third kappa shape index (κ3) is 4.47. The second-order valence-electron chi connectivity index (χ2n) is 7.21. The van der Waals surface area contributed by atoms with Gasteiger partial charge in [0.2, 0.25) is 11.8 Å². The van der Waals surface area contributed by atoms with E-state index >= 15 is 0 Å². The molecule has 27 heavy (non-hydrogen) atoms. The zero-order valence-corrected chi connectivity index (χ0v) is 16.3. The summed E-state index contributed by atoms with van der Waals surface area (Å²) in [4.78, 5) is 17.8. The van der Waals surface area contributed by atoms with Gasteiger partial charge in [0.05, 0.1) is 17.0 Å². The smallest absolute Gasteiger partial charge is 0.236 e. The van der Waals surface area contributed by atoms with Gasteiger partial charge in [0.25, 0.3) is 0 Å². The molecule has 0 aromatic carbocycles. The van der Waals surface area contributed by atoms with Crippen molar-refractivity contribution < 1.29 is 9.21 Å². The van der Waals surface area contributed by atoms with Crippen molar-refractivity contribution in [1.29, 1.82) is 0 Å². The van der Waals surface area contributed by atoms with E-state index in [0.717, 1.165) is 22.9 Å². The molecule has 3 heterocycles. The van der Waals surface area contributed by atoms with E-state index in [-0.39, 0.29) is 12.3 Å². The lowest BCUT2D eigenvalue weighted by Crippen LogP contribution is -2.15. The van der Waals surface area contributed by atoms with Gasteiger partial charge in [0.1, 0.15) is 5.76 Å². The fraction of sp³-hybridized carbons (Fsp3) is 0.450. The van der Waals surface area contributed by atoms with Gasteiger partial charge in [-0.1, -0.05) is 38.2 Å². The van der Waals surface area contributed by atoms with E-state index in [1.807, 2.05) is 30.5 Å². The summed E-state index contributed by atoms with van der Waals surface area (Å²) >= 11 is 1.57. The zero-order valence-electron chi connectivity index (χ0n) is 15.5. The average molecular weight is 385 g/mol. The fourth-order valence-corrected chi connectivity index (χ4v) is 4.32. The first-order chi connectivity index (χ1) is 13.2. The molecule has 1 fully saturated rings. The number of amides is 1. The highest BCUT2D eigenvalue weighted by Crippen LogP contribution is 2.27. The Morgan fingerprint density at radius 1 is 1.37 bits per heavy atom. The monoisotopic (exact) mass is 384 g/mol. The van der Waals surface area contributed by atoms with Gasteiger partial charge in [-0.05, 0) is 30.7 Å². The highest BCUT2D eigenvalue weighted by atomic mass is 32.1. The molecule has 1 amide bonds. The summed E-state index contributed by atoms with van der Waals surface area (Å²) in [5, 5.41) is 12.1. The van der Waals surface area contributed by atoms with Crippen LogP contribution in [0.1, 0.15) is 49.3 Å². The third-order valence-electron chi connectivity index (χ3n) is 5.08. The van der Waals surface area contributed by atoms with Gasteiger partial charge in [0, 0.05) is 11.8 Å². The Hall–Kier alpha value is -2.41.